The molecule has 3 nitrogen and oxygen atoms in total. The van der Waals surface area contributed by atoms with Gasteiger partial charge in [0.15, 0.2) is 17.5 Å². The highest BCUT2D eigenvalue weighted by molar-refractivity contribution is 7.26. The van der Waals surface area contributed by atoms with E-state index in [4.69, 9.17) is 15.0 Å². The molecule has 0 amide bonds. The van der Waals surface area contributed by atoms with Crippen molar-refractivity contribution < 1.29 is 0 Å². The normalized spacial score (nSPS) is 11.6. The Bertz CT molecular complexity index is 3070. The van der Waals surface area contributed by atoms with E-state index in [-0.39, 0.29) is 0 Å². The fraction of sp³-hybridized carbons (Fsp3) is 0.0556. The molecule has 2 heterocycles. The molecule has 0 spiro atoms. The second-order valence-electron chi connectivity index (χ2n) is 16.1. The van der Waals surface area contributed by atoms with Crippen LogP contribution in [0.15, 0.2) is 194 Å². The van der Waals surface area contributed by atoms with Crippen molar-refractivity contribution in [1.82, 2.24) is 15.0 Å². The van der Waals surface area contributed by atoms with E-state index in [0.29, 0.717) is 17.5 Å². The van der Waals surface area contributed by atoms with Crippen LogP contribution in [0.25, 0.3) is 98.8 Å². The predicted octanol–water partition coefficient (Wildman–Crippen LogP) is 14.5. The fourth-order valence-electron chi connectivity index (χ4n) is 7.91. The van der Waals surface area contributed by atoms with Crippen molar-refractivity contribution in [2.75, 3.05) is 0 Å². The van der Waals surface area contributed by atoms with E-state index in [1.54, 1.807) is 11.3 Å². The van der Waals surface area contributed by atoms with Gasteiger partial charge in [-0.1, -0.05) is 176 Å². The Balaban J connectivity index is 1.14. The Morgan fingerprint density at radius 1 is 0.339 bits per heavy atom. The monoisotopic (exact) mass is 791 g/mol. The summed E-state index contributed by atoms with van der Waals surface area (Å²) in [6.07, 6.45) is 0. The highest BCUT2D eigenvalue weighted by atomic mass is 32.1. The first kappa shape index (κ1) is 36.5. The Morgan fingerprint density at radius 3 is 1.42 bits per heavy atom. The average molecular weight is 792 g/mol. The zero-order valence-electron chi connectivity index (χ0n) is 33.2. The second-order valence-corrected chi connectivity index (χ2v) is 22.2. The molecule has 0 aliphatic heterocycles. The highest BCUT2D eigenvalue weighted by Gasteiger charge is 2.19. The molecule has 0 unspecified atom stereocenters. The van der Waals surface area contributed by atoms with E-state index in [1.165, 1.54) is 36.5 Å². The molecular formula is C54H41N3SSi. The minimum Gasteiger partial charge on any atom is -0.208 e. The van der Waals surface area contributed by atoms with Gasteiger partial charge in [-0.15, -0.1) is 11.3 Å². The first-order valence-corrected chi connectivity index (χ1v) is 24.4. The third-order valence-electron chi connectivity index (χ3n) is 11.1. The maximum atomic E-state index is 5.32. The van der Waals surface area contributed by atoms with E-state index in [1.807, 2.05) is 0 Å². The molecule has 0 fully saturated rings. The molecule has 0 radical (unpaired) electrons. The van der Waals surface area contributed by atoms with Crippen LogP contribution >= 0.6 is 11.3 Å². The third-order valence-corrected chi connectivity index (χ3v) is 14.4. The van der Waals surface area contributed by atoms with Gasteiger partial charge >= 0.3 is 0 Å². The first-order valence-electron chi connectivity index (χ1n) is 20.1. The third kappa shape index (κ3) is 7.31. The Hall–Kier alpha value is -6.79. The largest absolute Gasteiger partial charge is 0.208 e. The number of aromatic nitrogens is 3. The number of benzene rings is 8. The highest BCUT2D eigenvalue weighted by Crippen LogP contribution is 2.40. The van der Waals surface area contributed by atoms with Crippen LogP contribution in [0.4, 0.5) is 0 Å². The molecule has 0 bridgehead atoms. The second kappa shape index (κ2) is 15.2. The summed E-state index contributed by atoms with van der Waals surface area (Å²) in [5, 5.41) is 3.92. The van der Waals surface area contributed by atoms with Crippen molar-refractivity contribution in [2.24, 2.45) is 0 Å². The summed E-state index contributed by atoms with van der Waals surface area (Å²) >= 11 is 1.79. The van der Waals surface area contributed by atoms with Gasteiger partial charge in [-0.05, 0) is 87.0 Å². The van der Waals surface area contributed by atoms with Crippen LogP contribution in [0, 0.1) is 0 Å². The van der Waals surface area contributed by atoms with Gasteiger partial charge in [-0.25, -0.2) is 15.0 Å². The molecular weight excluding hydrogens is 751 g/mol. The molecule has 0 saturated heterocycles. The molecule has 0 aliphatic rings. The van der Waals surface area contributed by atoms with E-state index in [2.05, 4.69) is 214 Å². The van der Waals surface area contributed by atoms with E-state index in [0.717, 1.165) is 50.1 Å². The SMILES string of the molecule is C[Si](C)(C)c1ccc(-c2cccc(-c3cccc(-c4nc(-c5cc(-c6ccccc6)cc(-c6ccccc6)c5)nc(-c5cccc6c5sc5ccccc56)n4)c3)c2)cc1. The lowest BCUT2D eigenvalue weighted by Crippen LogP contribution is -2.37. The minimum atomic E-state index is -1.39. The Labute approximate surface area is 350 Å². The molecule has 0 aliphatic carbocycles. The minimum absolute atomic E-state index is 0.632. The maximum Gasteiger partial charge on any atom is 0.165 e. The van der Waals surface area contributed by atoms with Gasteiger partial charge in [0.2, 0.25) is 0 Å². The van der Waals surface area contributed by atoms with Crippen molar-refractivity contribution in [3.05, 3.63) is 194 Å². The van der Waals surface area contributed by atoms with Crippen molar-refractivity contribution in [3.8, 4) is 78.7 Å². The molecule has 8 aromatic carbocycles. The summed E-state index contributed by atoms with van der Waals surface area (Å²) in [7, 11) is -1.39. The Kier molecular flexibility index (Phi) is 9.40. The zero-order chi connectivity index (χ0) is 39.9. The van der Waals surface area contributed by atoms with Crippen molar-refractivity contribution in [3.63, 3.8) is 0 Å². The molecule has 59 heavy (non-hydrogen) atoms. The van der Waals surface area contributed by atoms with Crippen LogP contribution in [-0.4, -0.2) is 23.0 Å². The van der Waals surface area contributed by atoms with Crippen LogP contribution in [0.5, 0.6) is 0 Å². The number of thiophene rings is 1. The van der Waals surface area contributed by atoms with Crippen LogP contribution in [-0.2, 0) is 0 Å². The van der Waals surface area contributed by atoms with Crippen LogP contribution in [0.3, 0.4) is 0 Å². The molecule has 0 N–H and O–H groups in total. The van der Waals surface area contributed by atoms with Gasteiger partial charge in [0.1, 0.15) is 0 Å². The molecule has 10 rings (SSSR count). The maximum absolute atomic E-state index is 5.32. The van der Waals surface area contributed by atoms with E-state index < -0.39 is 8.07 Å². The summed E-state index contributed by atoms with van der Waals surface area (Å²) in [5.41, 5.74) is 12.0. The average Bonchev–Trinajstić information content (AvgIpc) is 3.68. The molecule has 0 saturated carbocycles. The van der Waals surface area contributed by atoms with Crippen LogP contribution in [0.1, 0.15) is 0 Å². The number of hydrogen-bond donors (Lipinski definition) is 0. The molecule has 0 atom stereocenters. The lowest BCUT2D eigenvalue weighted by molar-refractivity contribution is 1.08. The van der Waals surface area contributed by atoms with Crippen molar-refractivity contribution in [2.45, 2.75) is 19.6 Å². The molecule has 10 aromatic rings. The van der Waals surface area contributed by atoms with Crippen LogP contribution in [0.2, 0.25) is 19.6 Å². The number of hydrogen-bond acceptors (Lipinski definition) is 4. The van der Waals surface area contributed by atoms with Gasteiger partial charge in [-0.3, -0.25) is 0 Å². The zero-order valence-corrected chi connectivity index (χ0v) is 35.0. The quantitative estimate of drug-likeness (QED) is 0.144. The topological polar surface area (TPSA) is 38.7 Å². The summed E-state index contributed by atoms with van der Waals surface area (Å²) in [6, 6.07) is 69.4. The van der Waals surface area contributed by atoms with Crippen molar-refractivity contribution in [1.29, 1.82) is 0 Å². The van der Waals surface area contributed by atoms with E-state index in [9.17, 15) is 0 Å². The summed E-state index contributed by atoms with van der Waals surface area (Å²) in [4.78, 5) is 15.9. The lowest BCUT2D eigenvalue weighted by atomic mass is 9.95. The summed E-state index contributed by atoms with van der Waals surface area (Å²) in [5.74, 6) is 1.92. The number of fused-ring (bicyclic) bond motifs is 3. The molecule has 5 heteroatoms. The number of nitrogens with zero attached hydrogens (tertiary/aromatic N) is 3. The predicted molar refractivity (Wildman–Crippen MR) is 254 cm³/mol. The molecule has 2 aromatic heterocycles. The van der Waals surface area contributed by atoms with Gasteiger partial charge in [0.05, 0.1) is 8.07 Å². The standard InChI is InChI=1S/C54H41N3SSi/c1-59(2,3)46-29-27-38(28-30-46)39-19-12-20-40(31-39)41-21-13-22-42(32-41)52-55-53(57-54(56-52)49-25-14-24-48-47-23-10-11-26-50(47)58-51(48)49)45-34-43(36-15-6-4-7-16-36)33-44(35-45)37-17-8-5-9-18-37/h4-35H,1-3H3. The summed E-state index contributed by atoms with van der Waals surface area (Å²) in [6.45, 7) is 7.17. The van der Waals surface area contributed by atoms with Gasteiger partial charge in [-0.2, -0.15) is 0 Å². The Morgan fingerprint density at radius 2 is 0.780 bits per heavy atom. The lowest BCUT2D eigenvalue weighted by Gasteiger charge is -2.17. The van der Waals surface area contributed by atoms with Crippen LogP contribution < -0.4 is 5.19 Å². The first-order chi connectivity index (χ1) is 28.8. The number of rotatable bonds is 8. The molecule has 282 valence electrons. The smallest absolute Gasteiger partial charge is 0.165 e. The van der Waals surface area contributed by atoms with Gasteiger partial charge in [0, 0.05) is 36.9 Å². The van der Waals surface area contributed by atoms with E-state index >= 15 is 0 Å². The summed E-state index contributed by atoms with van der Waals surface area (Å²) < 4.78 is 2.41. The van der Waals surface area contributed by atoms with Gasteiger partial charge in [0.25, 0.3) is 0 Å². The van der Waals surface area contributed by atoms with Gasteiger partial charge < -0.3 is 0 Å². The fourth-order valence-corrected chi connectivity index (χ4v) is 10.3. The van der Waals surface area contributed by atoms with Crippen molar-refractivity contribution >= 4 is 44.8 Å².